The van der Waals surface area contributed by atoms with Crippen LogP contribution >= 0.6 is 15.9 Å². The molecule has 6 heteroatoms. The highest BCUT2D eigenvalue weighted by molar-refractivity contribution is 9.09. The van der Waals surface area contributed by atoms with Crippen LogP contribution in [0.25, 0.3) is 0 Å². The van der Waals surface area contributed by atoms with Gasteiger partial charge in [-0.15, -0.1) is 0 Å². The van der Waals surface area contributed by atoms with Crippen LogP contribution in [0.2, 0.25) is 0 Å². The van der Waals surface area contributed by atoms with Gasteiger partial charge in [-0.3, -0.25) is 9.59 Å². The SMILES string of the molecule is O=Cc1cccc(C(O)C(=O)O)c1CC(=O)CBr. The third-order valence-corrected chi connectivity index (χ3v) is 3.05. The number of aliphatic hydroxyl groups is 1. The molecule has 0 aliphatic heterocycles. The molecule has 0 aromatic heterocycles. The first-order chi connectivity index (χ1) is 8.51. The van der Waals surface area contributed by atoms with Crippen molar-refractivity contribution >= 4 is 34.0 Å². The lowest BCUT2D eigenvalue weighted by molar-refractivity contribution is -0.147. The Hall–Kier alpha value is -1.53. The number of Topliss-reactive ketones (excluding diaryl/α,β-unsaturated/α-hetero) is 1. The average Bonchev–Trinajstić information content (AvgIpc) is 2.37. The highest BCUT2D eigenvalue weighted by Gasteiger charge is 2.22. The summed E-state index contributed by atoms with van der Waals surface area (Å²) in [6, 6.07) is 4.33. The van der Waals surface area contributed by atoms with Gasteiger partial charge in [0, 0.05) is 12.0 Å². The maximum atomic E-state index is 11.4. The van der Waals surface area contributed by atoms with Crippen molar-refractivity contribution in [1.29, 1.82) is 0 Å². The fraction of sp³-hybridized carbons (Fsp3) is 0.250. The van der Waals surface area contributed by atoms with Crippen molar-refractivity contribution in [2.75, 3.05) is 5.33 Å². The van der Waals surface area contributed by atoms with Crippen molar-refractivity contribution < 1.29 is 24.6 Å². The van der Waals surface area contributed by atoms with Crippen LogP contribution in [0.4, 0.5) is 0 Å². The van der Waals surface area contributed by atoms with Crippen molar-refractivity contribution in [3.8, 4) is 0 Å². The van der Waals surface area contributed by atoms with Crippen LogP contribution < -0.4 is 0 Å². The Morgan fingerprint density at radius 2 is 2.06 bits per heavy atom. The maximum absolute atomic E-state index is 11.4. The molecule has 0 aliphatic rings. The third kappa shape index (κ3) is 3.24. The lowest BCUT2D eigenvalue weighted by Gasteiger charge is -2.13. The summed E-state index contributed by atoms with van der Waals surface area (Å²) in [4.78, 5) is 33.1. The van der Waals surface area contributed by atoms with Gasteiger partial charge in [0.1, 0.15) is 12.1 Å². The van der Waals surface area contributed by atoms with Crippen LogP contribution in [-0.2, 0) is 16.0 Å². The number of benzene rings is 1. The number of carbonyl (C=O) groups is 3. The number of halogens is 1. The number of alkyl halides is 1. The molecule has 1 atom stereocenters. The zero-order valence-corrected chi connectivity index (χ0v) is 10.9. The molecule has 1 rings (SSSR count). The molecule has 18 heavy (non-hydrogen) atoms. The van der Waals surface area contributed by atoms with Gasteiger partial charge < -0.3 is 10.2 Å². The van der Waals surface area contributed by atoms with E-state index >= 15 is 0 Å². The van der Waals surface area contributed by atoms with Crippen LogP contribution in [0.15, 0.2) is 18.2 Å². The molecule has 0 fully saturated rings. The van der Waals surface area contributed by atoms with Gasteiger partial charge in [0.05, 0.1) is 5.33 Å². The van der Waals surface area contributed by atoms with Crippen LogP contribution in [0.1, 0.15) is 27.6 Å². The number of rotatable bonds is 6. The Kier molecular flexibility index (Phi) is 5.18. The van der Waals surface area contributed by atoms with Crippen LogP contribution in [0, 0.1) is 0 Å². The summed E-state index contributed by atoms with van der Waals surface area (Å²) in [6.07, 6.45) is -1.31. The Balaban J connectivity index is 3.28. The highest BCUT2D eigenvalue weighted by Crippen LogP contribution is 2.22. The lowest BCUT2D eigenvalue weighted by Crippen LogP contribution is -2.16. The van der Waals surface area contributed by atoms with Gasteiger partial charge in [0.2, 0.25) is 0 Å². The molecule has 0 saturated carbocycles. The number of ketones is 1. The van der Waals surface area contributed by atoms with Gasteiger partial charge in [-0.25, -0.2) is 4.79 Å². The van der Waals surface area contributed by atoms with E-state index in [0.717, 1.165) is 0 Å². The smallest absolute Gasteiger partial charge is 0.337 e. The number of aliphatic hydroxyl groups excluding tert-OH is 1. The number of hydrogen-bond donors (Lipinski definition) is 2. The second-order valence-corrected chi connectivity index (χ2v) is 4.18. The molecule has 0 bridgehead atoms. The minimum Gasteiger partial charge on any atom is -0.479 e. The molecule has 0 saturated heterocycles. The summed E-state index contributed by atoms with van der Waals surface area (Å²) in [5.74, 6) is -1.63. The Morgan fingerprint density at radius 3 is 2.56 bits per heavy atom. The maximum Gasteiger partial charge on any atom is 0.337 e. The van der Waals surface area contributed by atoms with Crippen molar-refractivity contribution in [2.45, 2.75) is 12.5 Å². The quantitative estimate of drug-likeness (QED) is 0.606. The van der Waals surface area contributed by atoms with Crippen molar-refractivity contribution in [2.24, 2.45) is 0 Å². The normalized spacial score (nSPS) is 11.9. The predicted molar refractivity (Wildman–Crippen MR) is 66.9 cm³/mol. The molecular formula is C12H11BrO5. The topological polar surface area (TPSA) is 91.7 Å². The Morgan fingerprint density at radius 1 is 1.39 bits per heavy atom. The number of aliphatic carboxylic acids is 1. The van der Waals surface area contributed by atoms with Crippen LogP contribution in [0.5, 0.6) is 0 Å². The molecule has 2 N–H and O–H groups in total. The molecule has 0 spiro atoms. The molecule has 1 unspecified atom stereocenters. The van der Waals surface area contributed by atoms with Gasteiger partial charge in [-0.1, -0.05) is 34.1 Å². The van der Waals surface area contributed by atoms with Gasteiger partial charge in [-0.05, 0) is 11.1 Å². The second-order valence-electron chi connectivity index (χ2n) is 3.62. The zero-order valence-electron chi connectivity index (χ0n) is 9.30. The monoisotopic (exact) mass is 314 g/mol. The number of carboxylic acids is 1. The highest BCUT2D eigenvalue weighted by atomic mass is 79.9. The minimum atomic E-state index is -1.75. The summed E-state index contributed by atoms with van der Waals surface area (Å²) in [6.45, 7) is 0. The molecular weight excluding hydrogens is 304 g/mol. The molecule has 0 heterocycles. The number of carbonyl (C=O) groups excluding carboxylic acids is 2. The van der Waals surface area contributed by atoms with E-state index < -0.39 is 12.1 Å². The van der Waals surface area contributed by atoms with Crippen molar-refractivity contribution in [3.05, 3.63) is 34.9 Å². The standard InChI is InChI=1S/C12H11BrO5/c13-5-8(15)4-10-7(6-14)2-1-3-9(10)11(16)12(17)18/h1-3,6,11,16H,4-5H2,(H,17,18). The van der Waals surface area contributed by atoms with Gasteiger partial charge in [0.15, 0.2) is 6.10 Å². The van der Waals surface area contributed by atoms with E-state index in [1.165, 1.54) is 18.2 Å². The van der Waals surface area contributed by atoms with E-state index in [0.29, 0.717) is 6.29 Å². The second kappa shape index (κ2) is 6.42. The Labute approximate surface area is 112 Å². The van der Waals surface area contributed by atoms with E-state index in [4.69, 9.17) is 5.11 Å². The molecule has 96 valence electrons. The van der Waals surface area contributed by atoms with E-state index in [9.17, 15) is 19.5 Å². The molecule has 1 aromatic rings. The lowest BCUT2D eigenvalue weighted by atomic mass is 9.94. The number of aldehydes is 1. The van der Waals surface area contributed by atoms with Crippen LogP contribution in [0.3, 0.4) is 0 Å². The zero-order chi connectivity index (χ0) is 13.7. The predicted octanol–water partition coefficient (Wildman–Crippen LogP) is 1.12. The fourth-order valence-electron chi connectivity index (χ4n) is 1.57. The van der Waals surface area contributed by atoms with E-state index in [-0.39, 0.29) is 34.2 Å². The van der Waals surface area contributed by atoms with Gasteiger partial charge >= 0.3 is 5.97 Å². The summed E-state index contributed by atoms with van der Waals surface area (Å²) in [5.41, 5.74) is 0.537. The minimum absolute atomic E-state index is 0.0707. The largest absolute Gasteiger partial charge is 0.479 e. The molecule has 0 amide bonds. The summed E-state index contributed by atoms with van der Waals surface area (Å²) < 4.78 is 0. The fourth-order valence-corrected chi connectivity index (χ4v) is 1.77. The van der Waals surface area contributed by atoms with Crippen molar-refractivity contribution in [1.82, 2.24) is 0 Å². The van der Waals surface area contributed by atoms with Gasteiger partial charge in [-0.2, -0.15) is 0 Å². The van der Waals surface area contributed by atoms with E-state index in [1.807, 2.05) is 0 Å². The number of carboxylic acid groups (broad SMARTS) is 1. The first kappa shape index (κ1) is 14.5. The summed E-state index contributed by atoms with van der Waals surface area (Å²) in [7, 11) is 0. The average molecular weight is 315 g/mol. The molecule has 1 aromatic carbocycles. The first-order valence-corrected chi connectivity index (χ1v) is 6.19. The molecule has 5 nitrogen and oxygen atoms in total. The Bertz CT molecular complexity index is 483. The molecule has 0 radical (unpaired) electrons. The van der Waals surface area contributed by atoms with E-state index in [2.05, 4.69) is 15.9 Å². The van der Waals surface area contributed by atoms with Gasteiger partial charge in [0.25, 0.3) is 0 Å². The molecule has 0 aliphatic carbocycles. The summed E-state index contributed by atoms with van der Waals surface area (Å²) >= 11 is 2.99. The summed E-state index contributed by atoms with van der Waals surface area (Å²) in [5, 5.41) is 18.4. The van der Waals surface area contributed by atoms with Crippen molar-refractivity contribution in [3.63, 3.8) is 0 Å². The van der Waals surface area contributed by atoms with Crippen LogP contribution in [-0.4, -0.2) is 33.6 Å². The first-order valence-electron chi connectivity index (χ1n) is 5.06. The van der Waals surface area contributed by atoms with E-state index in [1.54, 1.807) is 0 Å². The third-order valence-electron chi connectivity index (χ3n) is 2.43. The number of hydrogen-bond acceptors (Lipinski definition) is 4.